The molecule has 3 nitrogen and oxygen atoms in total. The van der Waals surface area contributed by atoms with Crippen LogP contribution in [0.15, 0.2) is 50.3 Å². The predicted octanol–water partition coefficient (Wildman–Crippen LogP) is 3.50. The number of nitrogens with zero attached hydrogens (tertiary/aromatic N) is 1. The average Bonchev–Trinajstić information content (AvgIpc) is 2.71. The van der Waals surface area contributed by atoms with Crippen molar-refractivity contribution < 1.29 is 9.52 Å². The van der Waals surface area contributed by atoms with Gasteiger partial charge >= 0.3 is 0 Å². The summed E-state index contributed by atoms with van der Waals surface area (Å²) in [6.07, 6.45) is 1.64. The van der Waals surface area contributed by atoms with Crippen molar-refractivity contribution in [2.24, 2.45) is 4.99 Å². The van der Waals surface area contributed by atoms with E-state index in [-0.39, 0.29) is 12.6 Å². The van der Waals surface area contributed by atoms with Crippen LogP contribution in [0.4, 0.5) is 0 Å². The lowest BCUT2D eigenvalue weighted by Crippen LogP contribution is -2.01. The lowest BCUT2D eigenvalue weighted by molar-refractivity contribution is 0.269. The molecule has 1 N–H and O–H groups in total. The molecule has 0 unspecified atom stereocenters. The number of furan rings is 1. The number of aryl methyl sites for hydroxylation is 1. The van der Waals surface area contributed by atoms with Crippen LogP contribution in [0.1, 0.15) is 23.1 Å². The fraction of sp³-hybridized carbons (Fsp3) is 0.214. The Morgan fingerprint density at radius 3 is 2.67 bits per heavy atom. The summed E-state index contributed by atoms with van der Waals surface area (Å²) >= 11 is 3.38. The van der Waals surface area contributed by atoms with Gasteiger partial charge in [0.1, 0.15) is 11.5 Å². The van der Waals surface area contributed by atoms with Crippen molar-refractivity contribution in [3.8, 4) is 0 Å². The largest absolute Gasteiger partial charge is 0.459 e. The standard InChI is InChI=1S/C14H14BrNO2/c1-10-13(15)7-12(18-10)8-16-14(9-17)11-5-3-2-4-6-11/h2-8,14,17H,9H2,1H3/t14-/m0/s1. The van der Waals surface area contributed by atoms with E-state index < -0.39 is 0 Å². The number of hydrogen-bond donors (Lipinski definition) is 1. The predicted molar refractivity (Wildman–Crippen MR) is 75.0 cm³/mol. The lowest BCUT2D eigenvalue weighted by atomic mass is 10.1. The van der Waals surface area contributed by atoms with Crippen LogP contribution in [0.2, 0.25) is 0 Å². The lowest BCUT2D eigenvalue weighted by Gasteiger charge is -2.08. The third kappa shape index (κ3) is 3.09. The van der Waals surface area contributed by atoms with Gasteiger partial charge < -0.3 is 9.52 Å². The molecule has 0 radical (unpaired) electrons. The van der Waals surface area contributed by atoms with E-state index in [0.29, 0.717) is 5.76 Å². The first-order chi connectivity index (χ1) is 8.70. The van der Waals surface area contributed by atoms with Gasteiger partial charge in [-0.05, 0) is 34.5 Å². The first kappa shape index (κ1) is 13.1. The second kappa shape index (κ2) is 5.98. The SMILES string of the molecule is Cc1oc(C=N[C@@H](CO)c2ccccc2)cc1Br. The minimum atomic E-state index is -0.254. The molecule has 0 spiro atoms. The van der Waals surface area contributed by atoms with Gasteiger partial charge in [0.25, 0.3) is 0 Å². The summed E-state index contributed by atoms with van der Waals surface area (Å²) in [5, 5.41) is 9.36. The summed E-state index contributed by atoms with van der Waals surface area (Å²) < 4.78 is 6.39. The van der Waals surface area contributed by atoms with E-state index in [9.17, 15) is 5.11 Å². The van der Waals surface area contributed by atoms with Gasteiger partial charge in [0.2, 0.25) is 0 Å². The Morgan fingerprint density at radius 1 is 1.39 bits per heavy atom. The van der Waals surface area contributed by atoms with E-state index in [1.165, 1.54) is 0 Å². The molecule has 1 heterocycles. The maximum Gasteiger partial charge on any atom is 0.146 e. The van der Waals surface area contributed by atoms with Gasteiger partial charge in [-0.25, -0.2) is 0 Å². The minimum Gasteiger partial charge on any atom is -0.459 e. The topological polar surface area (TPSA) is 45.7 Å². The number of aliphatic hydroxyl groups excluding tert-OH is 1. The molecule has 18 heavy (non-hydrogen) atoms. The van der Waals surface area contributed by atoms with Crippen molar-refractivity contribution in [3.05, 3.63) is 58.0 Å². The molecule has 94 valence electrons. The molecule has 0 aliphatic carbocycles. The van der Waals surface area contributed by atoms with E-state index in [2.05, 4.69) is 20.9 Å². The maximum absolute atomic E-state index is 9.36. The Bertz CT molecular complexity index is 514. The van der Waals surface area contributed by atoms with Crippen LogP contribution >= 0.6 is 15.9 Å². The molecule has 0 saturated heterocycles. The van der Waals surface area contributed by atoms with E-state index >= 15 is 0 Å². The molecule has 1 aromatic heterocycles. The van der Waals surface area contributed by atoms with Gasteiger partial charge in [-0.3, -0.25) is 4.99 Å². The van der Waals surface area contributed by atoms with Crippen LogP contribution in [-0.2, 0) is 0 Å². The fourth-order valence-corrected chi connectivity index (χ4v) is 1.93. The van der Waals surface area contributed by atoms with Crippen molar-refractivity contribution in [1.29, 1.82) is 0 Å². The first-order valence-electron chi connectivity index (χ1n) is 5.65. The maximum atomic E-state index is 9.36. The fourth-order valence-electron chi connectivity index (χ4n) is 1.62. The molecular formula is C14H14BrNO2. The number of rotatable bonds is 4. The van der Waals surface area contributed by atoms with Gasteiger partial charge in [0.05, 0.1) is 23.3 Å². The number of hydrogen-bond acceptors (Lipinski definition) is 3. The number of aliphatic hydroxyl groups is 1. The van der Waals surface area contributed by atoms with Crippen LogP contribution in [0.3, 0.4) is 0 Å². The van der Waals surface area contributed by atoms with Gasteiger partial charge in [0, 0.05) is 0 Å². The highest BCUT2D eigenvalue weighted by Crippen LogP contribution is 2.20. The van der Waals surface area contributed by atoms with Crippen molar-refractivity contribution in [2.45, 2.75) is 13.0 Å². The number of halogens is 1. The number of benzene rings is 1. The van der Waals surface area contributed by atoms with Crippen molar-refractivity contribution in [2.75, 3.05) is 6.61 Å². The number of aliphatic imine (C=N–C) groups is 1. The molecule has 2 aromatic rings. The van der Waals surface area contributed by atoms with Gasteiger partial charge in [-0.2, -0.15) is 0 Å². The Kier molecular flexibility index (Phi) is 4.33. The van der Waals surface area contributed by atoms with Crippen LogP contribution in [0, 0.1) is 6.92 Å². The summed E-state index contributed by atoms with van der Waals surface area (Å²) in [6.45, 7) is 1.85. The van der Waals surface area contributed by atoms with E-state index in [1.54, 1.807) is 6.21 Å². The van der Waals surface area contributed by atoms with E-state index in [0.717, 1.165) is 15.8 Å². The zero-order valence-electron chi connectivity index (χ0n) is 10.0. The van der Waals surface area contributed by atoms with E-state index in [1.807, 2.05) is 43.3 Å². The third-order valence-corrected chi connectivity index (χ3v) is 3.40. The summed E-state index contributed by atoms with van der Waals surface area (Å²) in [5.41, 5.74) is 0.985. The highest BCUT2D eigenvalue weighted by Gasteiger charge is 2.08. The quantitative estimate of drug-likeness (QED) is 0.879. The Labute approximate surface area is 114 Å². The average molecular weight is 308 g/mol. The molecule has 0 saturated carbocycles. The molecule has 0 amide bonds. The van der Waals surface area contributed by atoms with Crippen LogP contribution in [0.25, 0.3) is 0 Å². The van der Waals surface area contributed by atoms with Crippen LogP contribution < -0.4 is 0 Å². The summed E-state index contributed by atoms with van der Waals surface area (Å²) in [5.74, 6) is 1.49. The first-order valence-corrected chi connectivity index (χ1v) is 6.45. The summed E-state index contributed by atoms with van der Waals surface area (Å²) in [7, 11) is 0. The normalized spacial score (nSPS) is 13.1. The van der Waals surface area contributed by atoms with Gasteiger partial charge in [-0.1, -0.05) is 30.3 Å². The summed E-state index contributed by atoms with van der Waals surface area (Å²) in [4.78, 5) is 4.35. The molecule has 1 aromatic carbocycles. The second-order valence-electron chi connectivity index (χ2n) is 3.94. The van der Waals surface area contributed by atoms with Crippen molar-refractivity contribution in [1.82, 2.24) is 0 Å². The molecule has 1 atom stereocenters. The highest BCUT2D eigenvalue weighted by molar-refractivity contribution is 9.10. The molecule has 0 aliphatic rings. The zero-order chi connectivity index (χ0) is 13.0. The monoisotopic (exact) mass is 307 g/mol. The van der Waals surface area contributed by atoms with Gasteiger partial charge in [-0.15, -0.1) is 0 Å². The smallest absolute Gasteiger partial charge is 0.146 e. The molecule has 4 heteroatoms. The Hall–Kier alpha value is -1.39. The Morgan fingerprint density at radius 2 is 2.11 bits per heavy atom. The second-order valence-corrected chi connectivity index (χ2v) is 4.79. The van der Waals surface area contributed by atoms with Crippen LogP contribution in [-0.4, -0.2) is 17.9 Å². The van der Waals surface area contributed by atoms with Crippen molar-refractivity contribution >= 4 is 22.1 Å². The third-order valence-electron chi connectivity index (χ3n) is 2.62. The highest BCUT2D eigenvalue weighted by atomic mass is 79.9. The van der Waals surface area contributed by atoms with Crippen molar-refractivity contribution in [3.63, 3.8) is 0 Å². The minimum absolute atomic E-state index is 0.0264. The van der Waals surface area contributed by atoms with E-state index in [4.69, 9.17) is 4.42 Å². The molecule has 0 fully saturated rings. The molecular weight excluding hydrogens is 294 g/mol. The molecule has 0 aliphatic heterocycles. The Balaban J connectivity index is 2.16. The summed E-state index contributed by atoms with van der Waals surface area (Å²) in [6, 6.07) is 11.3. The molecule has 2 rings (SSSR count). The zero-order valence-corrected chi connectivity index (χ0v) is 11.6. The molecule has 0 bridgehead atoms. The van der Waals surface area contributed by atoms with Gasteiger partial charge in [0.15, 0.2) is 0 Å². The van der Waals surface area contributed by atoms with Crippen LogP contribution in [0.5, 0.6) is 0 Å².